The zero-order valence-corrected chi connectivity index (χ0v) is 11.0. The Balaban J connectivity index is 1.92. The summed E-state index contributed by atoms with van der Waals surface area (Å²) in [5.41, 5.74) is 1.45. The van der Waals surface area contributed by atoms with Crippen LogP contribution in [0.5, 0.6) is 0 Å². The van der Waals surface area contributed by atoms with Gasteiger partial charge >= 0.3 is 0 Å². The Kier molecular flexibility index (Phi) is 3.36. The molecule has 0 saturated heterocycles. The van der Waals surface area contributed by atoms with Crippen molar-refractivity contribution >= 4 is 24.4 Å². The van der Waals surface area contributed by atoms with Gasteiger partial charge in [0.25, 0.3) is 5.22 Å². The third-order valence-electron chi connectivity index (χ3n) is 3.26. The highest BCUT2D eigenvalue weighted by Crippen LogP contribution is 2.45. The second-order valence-electron chi connectivity index (χ2n) is 4.42. The number of rotatable bonds is 4. The lowest BCUT2D eigenvalue weighted by molar-refractivity contribution is 0.204. The Morgan fingerprint density at radius 3 is 2.60 bits per heavy atom. The molecule has 0 amide bonds. The summed E-state index contributed by atoms with van der Waals surface area (Å²) in [5.74, 6) is 3.01. The van der Waals surface area contributed by atoms with E-state index in [1.165, 1.54) is 19.3 Å². The van der Waals surface area contributed by atoms with Gasteiger partial charge in [-0.1, -0.05) is 18.2 Å². The predicted molar refractivity (Wildman–Crippen MR) is 66.8 cm³/mol. The van der Waals surface area contributed by atoms with Gasteiger partial charge < -0.3 is 4.42 Å². The van der Waals surface area contributed by atoms with E-state index in [9.17, 15) is 0 Å². The molecule has 1 aliphatic carbocycles. The van der Waals surface area contributed by atoms with Crippen LogP contribution in [0.3, 0.4) is 0 Å². The number of aromatic nitrogens is 1. The van der Waals surface area contributed by atoms with E-state index in [1.807, 2.05) is 13.8 Å². The zero-order valence-electron chi connectivity index (χ0n) is 9.25. The van der Waals surface area contributed by atoms with Crippen LogP contribution in [0.25, 0.3) is 0 Å². The first kappa shape index (κ1) is 11.4. The van der Waals surface area contributed by atoms with Gasteiger partial charge in [-0.25, -0.2) is 4.98 Å². The maximum absolute atomic E-state index is 5.55. The second-order valence-corrected chi connectivity index (χ2v) is 5.66. The fourth-order valence-corrected chi connectivity index (χ4v) is 3.53. The van der Waals surface area contributed by atoms with Crippen LogP contribution in [0.4, 0.5) is 0 Å². The first-order valence-corrected chi connectivity index (χ1v) is 6.95. The molecule has 1 aliphatic rings. The average Bonchev–Trinajstić information content (AvgIpc) is 2.45. The summed E-state index contributed by atoms with van der Waals surface area (Å²) in [4.78, 5) is 4.38. The Morgan fingerprint density at radius 1 is 1.47 bits per heavy atom. The summed E-state index contributed by atoms with van der Waals surface area (Å²) in [5, 5.41) is 0.818. The van der Waals surface area contributed by atoms with Crippen molar-refractivity contribution < 1.29 is 4.42 Å². The monoisotopic (exact) mass is 243 g/mol. The molecule has 0 radical (unpaired) electrons. The number of aryl methyl sites for hydroxylation is 2. The molecule has 0 aromatic carbocycles. The van der Waals surface area contributed by atoms with Crippen LogP contribution in [0.15, 0.2) is 9.64 Å². The van der Waals surface area contributed by atoms with Crippen LogP contribution in [0.2, 0.25) is 0 Å². The van der Waals surface area contributed by atoms with Crippen molar-refractivity contribution in [1.29, 1.82) is 0 Å². The fraction of sp³-hybridized carbons (Fsp3) is 0.727. The second kappa shape index (κ2) is 4.42. The van der Waals surface area contributed by atoms with E-state index >= 15 is 0 Å². The Bertz CT molecular complexity index is 319. The number of thioether (sulfide) groups is 1. The lowest BCUT2D eigenvalue weighted by Crippen LogP contribution is -2.33. The third-order valence-corrected chi connectivity index (χ3v) is 5.11. The van der Waals surface area contributed by atoms with Crippen molar-refractivity contribution in [2.45, 2.75) is 38.3 Å². The molecule has 0 unspecified atom stereocenters. The number of hydrogen-bond acceptors (Lipinski definition) is 4. The molecule has 1 heterocycles. The zero-order chi connectivity index (χ0) is 10.9. The van der Waals surface area contributed by atoms with Gasteiger partial charge in [-0.2, -0.15) is 12.6 Å². The van der Waals surface area contributed by atoms with Gasteiger partial charge in [0, 0.05) is 5.75 Å². The van der Waals surface area contributed by atoms with Crippen molar-refractivity contribution in [2.75, 3.05) is 11.5 Å². The highest BCUT2D eigenvalue weighted by Gasteiger charge is 2.35. The highest BCUT2D eigenvalue weighted by molar-refractivity contribution is 7.99. The van der Waals surface area contributed by atoms with E-state index in [0.29, 0.717) is 5.41 Å². The molecule has 2 nitrogen and oxygen atoms in total. The Hall–Kier alpha value is -0.0900. The molecule has 1 fully saturated rings. The lowest BCUT2D eigenvalue weighted by Gasteiger charge is -2.40. The molecular formula is C11H17NOS2. The summed E-state index contributed by atoms with van der Waals surface area (Å²) in [7, 11) is 0. The van der Waals surface area contributed by atoms with Gasteiger partial charge in [0.15, 0.2) is 0 Å². The van der Waals surface area contributed by atoms with Crippen molar-refractivity contribution in [2.24, 2.45) is 5.41 Å². The van der Waals surface area contributed by atoms with Gasteiger partial charge in [-0.15, -0.1) is 0 Å². The molecule has 4 heteroatoms. The quantitative estimate of drug-likeness (QED) is 0.647. The lowest BCUT2D eigenvalue weighted by atomic mass is 9.72. The molecular weight excluding hydrogens is 226 g/mol. The minimum Gasteiger partial charge on any atom is -0.437 e. The van der Waals surface area contributed by atoms with Gasteiger partial charge in [-0.05, 0) is 37.9 Å². The number of nitrogens with zero attached hydrogens (tertiary/aromatic N) is 1. The summed E-state index contributed by atoms with van der Waals surface area (Å²) in [6.07, 6.45) is 3.97. The molecule has 0 bridgehead atoms. The molecule has 0 N–H and O–H groups in total. The normalized spacial score (nSPS) is 18.9. The van der Waals surface area contributed by atoms with E-state index in [2.05, 4.69) is 17.6 Å². The van der Waals surface area contributed by atoms with Crippen molar-refractivity contribution in [1.82, 2.24) is 4.98 Å². The Labute approximate surface area is 101 Å². The number of oxazole rings is 1. The third kappa shape index (κ3) is 2.36. The van der Waals surface area contributed by atoms with Crippen molar-refractivity contribution in [3.63, 3.8) is 0 Å². The van der Waals surface area contributed by atoms with Crippen LogP contribution in [-0.4, -0.2) is 16.5 Å². The van der Waals surface area contributed by atoms with E-state index in [1.54, 1.807) is 11.8 Å². The maximum Gasteiger partial charge on any atom is 0.256 e. The fourth-order valence-electron chi connectivity index (χ4n) is 1.74. The van der Waals surface area contributed by atoms with E-state index in [0.717, 1.165) is 28.2 Å². The highest BCUT2D eigenvalue weighted by atomic mass is 32.2. The van der Waals surface area contributed by atoms with Crippen LogP contribution in [0, 0.1) is 19.3 Å². The van der Waals surface area contributed by atoms with E-state index in [-0.39, 0.29) is 0 Å². The van der Waals surface area contributed by atoms with E-state index in [4.69, 9.17) is 4.42 Å². The Morgan fingerprint density at radius 2 is 2.20 bits per heavy atom. The molecule has 2 rings (SSSR count). The van der Waals surface area contributed by atoms with Crippen LogP contribution >= 0.6 is 24.4 Å². The van der Waals surface area contributed by atoms with Crippen LogP contribution in [-0.2, 0) is 0 Å². The largest absolute Gasteiger partial charge is 0.437 e. The van der Waals surface area contributed by atoms with Gasteiger partial charge in [-0.3, -0.25) is 0 Å². The van der Waals surface area contributed by atoms with Gasteiger partial charge in [0.05, 0.1) is 5.69 Å². The SMILES string of the molecule is Cc1nc(SCC2(CS)CCC2)oc1C. The van der Waals surface area contributed by atoms with Crippen molar-refractivity contribution in [3.8, 4) is 0 Å². The molecule has 0 spiro atoms. The molecule has 15 heavy (non-hydrogen) atoms. The first-order chi connectivity index (χ1) is 7.15. The summed E-state index contributed by atoms with van der Waals surface area (Å²) < 4.78 is 5.55. The molecule has 0 atom stereocenters. The topological polar surface area (TPSA) is 26.0 Å². The maximum atomic E-state index is 5.55. The average molecular weight is 243 g/mol. The summed E-state index contributed by atoms with van der Waals surface area (Å²) >= 11 is 6.18. The smallest absolute Gasteiger partial charge is 0.256 e. The number of thiol groups is 1. The van der Waals surface area contributed by atoms with Crippen molar-refractivity contribution in [3.05, 3.63) is 11.5 Å². The van der Waals surface area contributed by atoms with E-state index < -0.39 is 0 Å². The standard InChI is InChI=1S/C11H17NOS2/c1-8-9(2)13-10(12-8)15-7-11(6-14)4-3-5-11/h14H,3-7H2,1-2H3. The molecule has 0 aliphatic heterocycles. The molecule has 1 aromatic rings. The molecule has 84 valence electrons. The van der Waals surface area contributed by atoms with Gasteiger partial charge in [0.2, 0.25) is 0 Å². The molecule has 1 saturated carbocycles. The minimum atomic E-state index is 0.448. The van der Waals surface area contributed by atoms with Crippen LogP contribution < -0.4 is 0 Å². The summed E-state index contributed by atoms with van der Waals surface area (Å²) in [6, 6.07) is 0. The van der Waals surface area contributed by atoms with Crippen LogP contribution in [0.1, 0.15) is 30.7 Å². The molecule has 1 aromatic heterocycles. The van der Waals surface area contributed by atoms with Gasteiger partial charge in [0.1, 0.15) is 5.76 Å². The first-order valence-electron chi connectivity index (χ1n) is 5.33. The predicted octanol–water partition coefficient (Wildman–Crippen LogP) is 3.48. The minimum absolute atomic E-state index is 0.448. The number of hydrogen-bond donors (Lipinski definition) is 1. The summed E-state index contributed by atoms with van der Waals surface area (Å²) in [6.45, 7) is 3.95.